The van der Waals surface area contributed by atoms with Crippen LogP contribution in [0.4, 0.5) is 4.39 Å². The molecule has 2 aromatic rings. The molecule has 24 heavy (non-hydrogen) atoms. The van der Waals surface area contributed by atoms with Crippen LogP contribution in [0.25, 0.3) is 0 Å². The second-order valence-electron chi connectivity index (χ2n) is 4.77. The number of benzene rings is 1. The molecule has 0 saturated heterocycles. The maximum absolute atomic E-state index is 12.8. The van der Waals surface area contributed by atoms with Crippen molar-refractivity contribution in [2.24, 2.45) is 4.99 Å². The molecule has 1 heterocycles. The highest BCUT2D eigenvalue weighted by molar-refractivity contribution is 14.0. The lowest BCUT2D eigenvalue weighted by molar-refractivity contribution is 0.412. The monoisotopic (exact) mass is 464 g/mol. The Morgan fingerprint density at radius 1 is 1.25 bits per heavy atom. The first-order valence-corrected chi connectivity index (χ1v) is 8.56. The summed E-state index contributed by atoms with van der Waals surface area (Å²) in [6, 6.07) is 8.38. The maximum Gasteiger partial charge on any atom is 0.191 e. The molecule has 0 fully saturated rings. The Morgan fingerprint density at radius 2 is 2.04 bits per heavy atom. The van der Waals surface area contributed by atoms with Crippen LogP contribution in [0.5, 0.6) is 0 Å². The van der Waals surface area contributed by atoms with Crippen molar-refractivity contribution in [2.75, 3.05) is 18.8 Å². The van der Waals surface area contributed by atoms with E-state index in [1.54, 1.807) is 30.0 Å². The number of aliphatic imine (C=N–C) groups is 1. The zero-order valence-corrected chi connectivity index (χ0v) is 16.6. The van der Waals surface area contributed by atoms with Crippen molar-refractivity contribution in [3.8, 4) is 0 Å². The van der Waals surface area contributed by atoms with E-state index in [0.717, 1.165) is 41.8 Å². The Morgan fingerprint density at radius 3 is 2.71 bits per heavy atom. The third-order valence-electron chi connectivity index (χ3n) is 2.93. The molecule has 132 valence electrons. The predicted molar refractivity (Wildman–Crippen MR) is 106 cm³/mol. The van der Waals surface area contributed by atoms with Gasteiger partial charge in [-0.25, -0.2) is 9.38 Å². The number of nitrogens with one attached hydrogen (secondary N) is 2. The Bertz CT molecular complexity index is 593. The highest BCUT2D eigenvalue weighted by atomic mass is 127. The summed E-state index contributed by atoms with van der Waals surface area (Å²) in [7, 11) is 0. The normalized spacial score (nSPS) is 11.0. The maximum atomic E-state index is 12.8. The van der Waals surface area contributed by atoms with Gasteiger partial charge in [0.2, 0.25) is 0 Å². The van der Waals surface area contributed by atoms with E-state index < -0.39 is 0 Å². The zero-order valence-electron chi connectivity index (χ0n) is 13.5. The number of guanidine groups is 1. The smallest absolute Gasteiger partial charge is 0.191 e. The molecule has 8 heteroatoms. The van der Waals surface area contributed by atoms with Crippen LogP contribution < -0.4 is 10.6 Å². The topological polar surface area (TPSA) is 62.5 Å². The molecule has 0 aliphatic carbocycles. The Labute approximate surface area is 162 Å². The van der Waals surface area contributed by atoms with Gasteiger partial charge in [-0.15, -0.1) is 35.7 Å². The van der Waals surface area contributed by atoms with Gasteiger partial charge in [0.25, 0.3) is 0 Å². The molecule has 1 aromatic carbocycles. The number of nitrogens with zero attached hydrogens (tertiary/aromatic N) is 2. The molecule has 0 spiro atoms. The summed E-state index contributed by atoms with van der Waals surface area (Å²) in [4.78, 5) is 5.53. The van der Waals surface area contributed by atoms with Gasteiger partial charge in [0.05, 0.1) is 6.54 Å². The predicted octanol–water partition coefficient (Wildman–Crippen LogP) is 3.67. The fourth-order valence-electron chi connectivity index (χ4n) is 1.82. The van der Waals surface area contributed by atoms with Crippen LogP contribution in [-0.4, -0.2) is 30.0 Å². The van der Waals surface area contributed by atoms with Crippen LogP contribution in [0, 0.1) is 5.82 Å². The van der Waals surface area contributed by atoms with Crippen LogP contribution in [0.1, 0.15) is 19.0 Å². The van der Waals surface area contributed by atoms with Gasteiger partial charge < -0.3 is 15.2 Å². The summed E-state index contributed by atoms with van der Waals surface area (Å²) < 4.78 is 17.6. The molecule has 0 saturated carbocycles. The van der Waals surface area contributed by atoms with Crippen LogP contribution in [0.2, 0.25) is 0 Å². The lowest BCUT2D eigenvalue weighted by Crippen LogP contribution is -2.37. The molecule has 0 unspecified atom stereocenters. The molecule has 0 radical (unpaired) electrons. The molecular weight excluding hydrogens is 442 g/mol. The molecule has 0 bridgehead atoms. The van der Waals surface area contributed by atoms with Crippen LogP contribution in [0.3, 0.4) is 0 Å². The van der Waals surface area contributed by atoms with Crippen molar-refractivity contribution in [1.29, 1.82) is 0 Å². The molecule has 5 nitrogen and oxygen atoms in total. The Kier molecular flexibility index (Phi) is 10.5. The molecule has 2 N–H and O–H groups in total. The van der Waals surface area contributed by atoms with E-state index in [4.69, 9.17) is 4.52 Å². The number of hydrogen-bond acceptors (Lipinski definition) is 4. The van der Waals surface area contributed by atoms with E-state index in [0.29, 0.717) is 6.54 Å². The second kappa shape index (κ2) is 12.1. The Hall–Kier alpha value is -1.29. The van der Waals surface area contributed by atoms with E-state index >= 15 is 0 Å². The van der Waals surface area contributed by atoms with Crippen molar-refractivity contribution in [3.05, 3.63) is 48.1 Å². The summed E-state index contributed by atoms with van der Waals surface area (Å²) >= 11 is 1.72. The average molecular weight is 464 g/mol. The van der Waals surface area contributed by atoms with E-state index in [2.05, 4.69) is 20.8 Å². The van der Waals surface area contributed by atoms with Crippen molar-refractivity contribution in [3.63, 3.8) is 0 Å². The summed E-state index contributed by atoms with van der Waals surface area (Å²) in [6.45, 7) is 4.13. The Balaban J connectivity index is 0.00000288. The van der Waals surface area contributed by atoms with Gasteiger partial charge >= 0.3 is 0 Å². The van der Waals surface area contributed by atoms with Gasteiger partial charge in [-0.2, -0.15) is 0 Å². The lowest BCUT2D eigenvalue weighted by atomic mass is 10.4. The van der Waals surface area contributed by atoms with Gasteiger partial charge in [-0.05, 0) is 43.4 Å². The molecule has 2 rings (SSSR count). The van der Waals surface area contributed by atoms with Gasteiger partial charge in [-0.3, -0.25) is 0 Å². The largest absolute Gasteiger partial charge is 0.364 e. The molecule has 0 atom stereocenters. The highest BCUT2D eigenvalue weighted by Crippen LogP contribution is 2.18. The van der Waals surface area contributed by atoms with E-state index in [-0.39, 0.29) is 29.8 Å². The van der Waals surface area contributed by atoms with E-state index in [1.165, 1.54) is 18.4 Å². The minimum atomic E-state index is -0.199. The van der Waals surface area contributed by atoms with Crippen LogP contribution in [0.15, 0.2) is 51.0 Å². The van der Waals surface area contributed by atoms with E-state index in [9.17, 15) is 4.39 Å². The quantitative estimate of drug-likeness (QED) is 0.205. The standard InChI is InChI=1S/C16H21FN4OS.HI/c1-2-18-16(20-12-14-8-10-22-21-14)19-9-3-11-23-15-6-4-13(17)5-7-15;/h4-8,10H,2-3,9,11-12H2,1H3,(H2,18,19,20);1H. The molecular formula is C16H22FIN4OS. The van der Waals surface area contributed by atoms with E-state index in [1.807, 2.05) is 6.92 Å². The number of thioether (sulfide) groups is 1. The summed E-state index contributed by atoms with van der Waals surface area (Å²) in [5.74, 6) is 1.53. The molecule has 0 aliphatic rings. The fourth-order valence-corrected chi connectivity index (χ4v) is 2.67. The number of rotatable bonds is 8. The third kappa shape index (κ3) is 8.00. The first kappa shape index (κ1) is 20.8. The van der Waals surface area contributed by atoms with Crippen molar-refractivity contribution < 1.29 is 8.91 Å². The van der Waals surface area contributed by atoms with Gasteiger partial charge in [-0.1, -0.05) is 5.16 Å². The molecule has 0 aliphatic heterocycles. The van der Waals surface area contributed by atoms with Crippen LogP contribution in [-0.2, 0) is 6.54 Å². The van der Waals surface area contributed by atoms with Gasteiger partial charge in [0.15, 0.2) is 5.96 Å². The third-order valence-corrected chi connectivity index (χ3v) is 4.03. The second-order valence-corrected chi connectivity index (χ2v) is 5.94. The van der Waals surface area contributed by atoms with Crippen LogP contribution >= 0.6 is 35.7 Å². The zero-order chi connectivity index (χ0) is 16.3. The minimum Gasteiger partial charge on any atom is -0.364 e. The summed E-state index contributed by atoms with van der Waals surface area (Å²) in [5.41, 5.74) is 0.800. The first-order valence-electron chi connectivity index (χ1n) is 7.57. The summed E-state index contributed by atoms with van der Waals surface area (Å²) in [5, 5.41) is 10.3. The molecule has 0 amide bonds. The van der Waals surface area contributed by atoms with Gasteiger partial charge in [0, 0.05) is 24.1 Å². The molecule has 1 aromatic heterocycles. The summed E-state index contributed by atoms with van der Waals surface area (Å²) in [6.07, 6.45) is 2.52. The van der Waals surface area contributed by atoms with Crippen molar-refractivity contribution >= 4 is 41.7 Å². The lowest BCUT2D eigenvalue weighted by Gasteiger charge is -2.10. The van der Waals surface area contributed by atoms with Crippen molar-refractivity contribution in [2.45, 2.75) is 24.8 Å². The minimum absolute atomic E-state index is 0. The number of aromatic nitrogens is 1. The number of hydrogen-bond donors (Lipinski definition) is 2. The average Bonchev–Trinajstić information content (AvgIpc) is 3.07. The SMILES string of the molecule is CCNC(=NCc1ccon1)NCCCSc1ccc(F)cc1.I. The highest BCUT2D eigenvalue weighted by Gasteiger charge is 2.00. The first-order chi connectivity index (χ1) is 11.3. The fraction of sp³-hybridized carbons (Fsp3) is 0.375. The van der Waals surface area contributed by atoms with Crippen molar-refractivity contribution in [1.82, 2.24) is 15.8 Å². The number of halogens is 2. The van der Waals surface area contributed by atoms with Gasteiger partial charge in [0.1, 0.15) is 17.8 Å².